The molecule has 0 bridgehead atoms. The van der Waals surface area contributed by atoms with Gasteiger partial charge in [0.25, 0.3) is 5.91 Å². The number of amides is 1. The number of ether oxygens (including phenoxy) is 2. The van der Waals surface area contributed by atoms with E-state index in [2.05, 4.69) is 12.2 Å². The summed E-state index contributed by atoms with van der Waals surface area (Å²) >= 11 is 0. The Hall–Kier alpha value is -1.71. The molecule has 2 rings (SSSR count). The zero-order valence-corrected chi connectivity index (χ0v) is 12.8. The lowest BCUT2D eigenvalue weighted by Crippen LogP contribution is -2.24. The number of benzene rings is 1. The van der Waals surface area contributed by atoms with Gasteiger partial charge < -0.3 is 14.8 Å². The van der Waals surface area contributed by atoms with Gasteiger partial charge in [-0.05, 0) is 24.6 Å². The third kappa shape index (κ3) is 4.96. The number of carbonyl (C=O) groups excluding carboxylic acids is 1. The van der Waals surface area contributed by atoms with Gasteiger partial charge in [0, 0.05) is 0 Å². The van der Waals surface area contributed by atoms with Crippen LogP contribution in [0.4, 0.5) is 0 Å². The van der Waals surface area contributed by atoms with E-state index < -0.39 is 0 Å². The van der Waals surface area contributed by atoms with Crippen molar-refractivity contribution in [3.05, 3.63) is 23.8 Å². The third-order valence-corrected chi connectivity index (χ3v) is 3.61. The van der Waals surface area contributed by atoms with E-state index in [1.54, 1.807) is 6.07 Å². The number of hydrogen-bond acceptors (Lipinski definition) is 3. The molecule has 0 unspecified atom stereocenters. The molecule has 4 nitrogen and oxygen atoms in total. The first-order valence-electron chi connectivity index (χ1n) is 7.99. The maximum absolute atomic E-state index is 11.9. The standard InChI is InChI=1S/C17H25NO3/c1-2-3-4-5-6-7-11-20-14-8-9-16-15(13-14)17(19)18-10-12-21-16/h8-9,13H,2-7,10-12H2,1H3,(H,18,19). The van der Waals surface area contributed by atoms with Gasteiger partial charge in [0.05, 0.1) is 18.7 Å². The number of unbranched alkanes of at least 4 members (excludes halogenated alkanes) is 5. The molecule has 116 valence electrons. The molecule has 0 spiro atoms. The molecule has 1 aromatic carbocycles. The number of rotatable bonds is 8. The van der Waals surface area contributed by atoms with Crippen molar-refractivity contribution in [2.45, 2.75) is 45.4 Å². The molecular formula is C17H25NO3. The van der Waals surface area contributed by atoms with Gasteiger partial charge in [-0.3, -0.25) is 4.79 Å². The first kappa shape index (κ1) is 15.7. The third-order valence-electron chi connectivity index (χ3n) is 3.61. The van der Waals surface area contributed by atoms with Crippen molar-refractivity contribution in [3.63, 3.8) is 0 Å². The van der Waals surface area contributed by atoms with Crippen LogP contribution in [0.25, 0.3) is 0 Å². The predicted octanol–water partition coefficient (Wildman–Crippen LogP) is 3.55. The second-order valence-electron chi connectivity index (χ2n) is 5.38. The van der Waals surface area contributed by atoms with Crippen LogP contribution in [0.5, 0.6) is 11.5 Å². The van der Waals surface area contributed by atoms with Crippen molar-refractivity contribution in [1.29, 1.82) is 0 Å². The number of hydrogen-bond donors (Lipinski definition) is 1. The lowest BCUT2D eigenvalue weighted by molar-refractivity contribution is 0.0956. The zero-order valence-electron chi connectivity index (χ0n) is 12.8. The molecule has 0 fully saturated rings. The largest absolute Gasteiger partial charge is 0.494 e. The van der Waals surface area contributed by atoms with Crippen molar-refractivity contribution in [3.8, 4) is 11.5 Å². The highest BCUT2D eigenvalue weighted by Crippen LogP contribution is 2.25. The molecule has 0 saturated heterocycles. The molecule has 1 aliphatic rings. The Bertz CT molecular complexity index is 459. The summed E-state index contributed by atoms with van der Waals surface area (Å²) in [5.41, 5.74) is 0.563. The summed E-state index contributed by atoms with van der Waals surface area (Å²) in [6.45, 7) is 3.98. The predicted molar refractivity (Wildman–Crippen MR) is 83.1 cm³/mol. The van der Waals surface area contributed by atoms with Crippen LogP contribution in [-0.2, 0) is 0 Å². The fourth-order valence-corrected chi connectivity index (χ4v) is 2.40. The molecule has 21 heavy (non-hydrogen) atoms. The molecule has 0 radical (unpaired) electrons. The second-order valence-corrected chi connectivity index (χ2v) is 5.38. The Morgan fingerprint density at radius 2 is 2.00 bits per heavy atom. The topological polar surface area (TPSA) is 47.6 Å². The number of carbonyl (C=O) groups is 1. The number of fused-ring (bicyclic) bond motifs is 1. The molecule has 1 heterocycles. The van der Waals surface area contributed by atoms with E-state index in [1.165, 1.54) is 32.1 Å². The van der Waals surface area contributed by atoms with Crippen LogP contribution in [0.3, 0.4) is 0 Å². The van der Waals surface area contributed by atoms with E-state index in [-0.39, 0.29) is 5.91 Å². The molecule has 1 aliphatic heterocycles. The molecule has 1 amide bonds. The smallest absolute Gasteiger partial charge is 0.255 e. The molecular weight excluding hydrogens is 266 g/mol. The lowest BCUT2D eigenvalue weighted by atomic mass is 10.1. The fourth-order valence-electron chi connectivity index (χ4n) is 2.40. The highest BCUT2D eigenvalue weighted by atomic mass is 16.5. The van der Waals surface area contributed by atoms with Crippen molar-refractivity contribution in [2.24, 2.45) is 0 Å². The van der Waals surface area contributed by atoms with E-state index in [9.17, 15) is 4.79 Å². The van der Waals surface area contributed by atoms with Crippen LogP contribution in [-0.4, -0.2) is 25.7 Å². The summed E-state index contributed by atoms with van der Waals surface area (Å²) < 4.78 is 11.2. The van der Waals surface area contributed by atoms with E-state index >= 15 is 0 Å². The van der Waals surface area contributed by atoms with Crippen LogP contribution in [0.1, 0.15) is 55.8 Å². The van der Waals surface area contributed by atoms with E-state index in [4.69, 9.17) is 9.47 Å². The van der Waals surface area contributed by atoms with Crippen LogP contribution in [0.2, 0.25) is 0 Å². The van der Waals surface area contributed by atoms with Gasteiger partial charge in [-0.25, -0.2) is 0 Å². The molecule has 0 atom stereocenters. The van der Waals surface area contributed by atoms with Gasteiger partial charge in [-0.1, -0.05) is 39.0 Å². The first-order chi connectivity index (χ1) is 10.3. The van der Waals surface area contributed by atoms with Gasteiger partial charge in [-0.2, -0.15) is 0 Å². The molecule has 1 aromatic rings. The summed E-state index contributed by atoms with van der Waals surface area (Å²) in [6.07, 6.45) is 7.44. The summed E-state index contributed by atoms with van der Waals surface area (Å²) in [5, 5.41) is 2.80. The Kier molecular flexibility index (Phi) is 6.38. The van der Waals surface area contributed by atoms with Crippen LogP contribution in [0.15, 0.2) is 18.2 Å². The maximum Gasteiger partial charge on any atom is 0.255 e. The minimum Gasteiger partial charge on any atom is -0.494 e. The first-order valence-corrected chi connectivity index (χ1v) is 7.99. The Balaban J connectivity index is 1.78. The van der Waals surface area contributed by atoms with Gasteiger partial charge in [0.15, 0.2) is 0 Å². The van der Waals surface area contributed by atoms with Crippen LogP contribution >= 0.6 is 0 Å². The van der Waals surface area contributed by atoms with Crippen molar-refractivity contribution in [1.82, 2.24) is 5.32 Å². The Labute approximate surface area is 126 Å². The van der Waals surface area contributed by atoms with Gasteiger partial charge in [0.2, 0.25) is 0 Å². The van der Waals surface area contributed by atoms with Crippen LogP contribution in [0, 0.1) is 0 Å². The number of nitrogens with one attached hydrogen (secondary N) is 1. The summed E-state index contributed by atoms with van der Waals surface area (Å²) in [4.78, 5) is 11.9. The zero-order chi connectivity index (χ0) is 14.9. The lowest BCUT2D eigenvalue weighted by Gasteiger charge is -2.10. The summed E-state index contributed by atoms with van der Waals surface area (Å²) in [5.74, 6) is 1.28. The van der Waals surface area contributed by atoms with Gasteiger partial charge >= 0.3 is 0 Å². The summed E-state index contributed by atoms with van der Waals surface area (Å²) in [6, 6.07) is 5.46. The molecule has 4 heteroatoms. The van der Waals surface area contributed by atoms with Gasteiger partial charge in [0.1, 0.15) is 18.1 Å². The quantitative estimate of drug-likeness (QED) is 0.745. The second kappa shape index (κ2) is 8.55. The molecule has 0 saturated carbocycles. The normalized spacial score (nSPS) is 13.9. The van der Waals surface area contributed by atoms with E-state index in [0.717, 1.165) is 12.2 Å². The van der Waals surface area contributed by atoms with E-state index in [0.29, 0.717) is 31.1 Å². The fraction of sp³-hybridized carbons (Fsp3) is 0.588. The van der Waals surface area contributed by atoms with Crippen molar-refractivity contribution >= 4 is 5.91 Å². The maximum atomic E-state index is 11.9. The SMILES string of the molecule is CCCCCCCCOc1ccc2c(c1)C(=O)NCCO2. The minimum absolute atomic E-state index is 0.0903. The van der Waals surface area contributed by atoms with E-state index in [1.807, 2.05) is 12.1 Å². The molecule has 1 N–H and O–H groups in total. The van der Waals surface area contributed by atoms with Crippen LogP contribution < -0.4 is 14.8 Å². The molecule has 0 aromatic heterocycles. The monoisotopic (exact) mass is 291 g/mol. The molecule has 0 aliphatic carbocycles. The van der Waals surface area contributed by atoms with Crippen molar-refractivity contribution < 1.29 is 14.3 Å². The van der Waals surface area contributed by atoms with Crippen molar-refractivity contribution in [2.75, 3.05) is 19.8 Å². The highest BCUT2D eigenvalue weighted by Gasteiger charge is 2.16. The van der Waals surface area contributed by atoms with Gasteiger partial charge in [-0.15, -0.1) is 0 Å². The Morgan fingerprint density at radius 1 is 1.19 bits per heavy atom. The Morgan fingerprint density at radius 3 is 2.86 bits per heavy atom. The highest BCUT2D eigenvalue weighted by molar-refractivity contribution is 5.97. The minimum atomic E-state index is -0.0903. The average molecular weight is 291 g/mol. The average Bonchev–Trinajstić information content (AvgIpc) is 2.68. The summed E-state index contributed by atoms with van der Waals surface area (Å²) in [7, 11) is 0.